The molecule has 0 aliphatic heterocycles. The van der Waals surface area contributed by atoms with Gasteiger partial charge in [-0.25, -0.2) is 13.8 Å². The first kappa shape index (κ1) is 13.4. The van der Waals surface area contributed by atoms with Crippen LogP contribution in [0.5, 0.6) is 0 Å². The fourth-order valence-corrected chi connectivity index (χ4v) is 2.98. The first-order chi connectivity index (χ1) is 9.65. The molecule has 0 bridgehead atoms. The van der Waals surface area contributed by atoms with E-state index in [1.807, 2.05) is 24.3 Å². The number of rotatable bonds is 2. The molecule has 0 unspecified atom stereocenters. The molecule has 0 amide bonds. The first-order valence-electron chi connectivity index (χ1n) is 5.81. The number of halogens is 3. The molecule has 0 saturated heterocycles. The second-order valence-corrected chi connectivity index (χ2v) is 5.92. The maximum absolute atomic E-state index is 13.7. The van der Waals surface area contributed by atoms with E-state index in [-0.39, 0.29) is 5.56 Å². The van der Waals surface area contributed by atoms with Crippen LogP contribution in [0.1, 0.15) is 0 Å². The number of hydrogen-bond donors (Lipinski definition) is 0. The van der Waals surface area contributed by atoms with Crippen molar-refractivity contribution in [1.29, 1.82) is 0 Å². The molecule has 0 aliphatic carbocycles. The van der Waals surface area contributed by atoms with Crippen LogP contribution in [0.15, 0.2) is 52.3 Å². The third-order valence-corrected chi connectivity index (χ3v) is 4.21. The molecule has 0 spiro atoms. The Labute approximate surface area is 127 Å². The van der Waals surface area contributed by atoms with Gasteiger partial charge in [0.2, 0.25) is 0 Å². The molecular weight excluding hydrogens is 344 g/mol. The Hall–Kier alpha value is -1.59. The quantitative estimate of drug-likeness (QED) is 0.592. The first-order valence-corrected chi connectivity index (χ1v) is 7.48. The van der Waals surface area contributed by atoms with Crippen LogP contribution in [-0.4, -0.2) is 4.98 Å². The fraction of sp³-hybridized carbons (Fsp3) is 0. The van der Waals surface area contributed by atoms with Crippen LogP contribution >= 0.6 is 27.3 Å². The van der Waals surface area contributed by atoms with Gasteiger partial charge >= 0.3 is 0 Å². The summed E-state index contributed by atoms with van der Waals surface area (Å²) < 4.78 is 28.4. The highest BCUT2D eigenvalue weighted by Crippen LogP contribution is 2.32. The van der Waals surface area contributed by atoms with Gasteiger partial charge in [0.05, 0.1) is 11.3 Å². The minimum absolute atomic E-state index is 0.0686. The van der Waals surface area contributed by atoms with Crippen LogP contribution in [0.2, 0.25) is 0 Å². The van der Waals surface area contributed by atoms with E-state index in [1.165, 1.54) is 29.5 Å². The highest BCUT2D eigenvalue weighted by atomic mass is 79.9. The Balaban J connectivity index is 2.04. The van der Waals surface area contributed by atoms with E-state index in [0.29, 0.717) is 10.7 Å². The summed E-state index contributed by atoms with van der Waals surface area (Å²) >= 11 is 4.59. The smallest absolute Gasteiger partial charge is 0.136 e. The van der Waals surface area contributed by atoms with Crippen LogP contribution in [0, 0.1) is 11.6 Å². The lowest BCUT2D eigenvalue weighted by Gasteiger charge is -2.00. The van der Waals surface area contributed by atoms with Gasteiger partial charge in [-0.3, -0.25) is 0 Å². The fourth-order valence-electron chi connectivity index (χ4n) is 1.84. The topological polar surface area (TPSA) is 12.9 Å². The standard InChI is InChI=1S/C15H8BrF2NS/c16-10-6-4-9(5-7-10)13-8-20-15(19-13)14-11(17)2-1-3-12(14)18/h1-8H. The second-order valence-electron chi connectivity index (χ2n) is 4.14. The summed E-state index contributed by atoms with van der Waals surface area (Å²) in [7, 11) is 0. The Kier molecular flexibility index (Phi) is 3.63. The lowest BCUT2D eigenvalue weighted by Crippen LogP contribution is -1.89. The van der Waals surface area contributed by atoms with Crippen molar-refractivity contribution in [2.45, 2.75) is 0 Å². The summed E-state index contributed by atoms with van der Waals surface area (Å²) in [5.41, 5.74) is 1.55. The van der Waals surface area contributed by atoms with Crippen molar-refractivity contribution in [3.05, 3.63) is 64.0 Å². The third kappa shape index (κ3) is 2.51. The number of aromatic nitrogens is 1. The van der Waals surface area contributed by atoms with Gasteiger partial charge in [-0.1, -0.05) is 34.1 Å². The molecule has 1 nitrogen and oxygen atoms in total. The molecule has 0 aliphatic rings. The highest BCUT2D eigenvalue weighted by Gasteiger charge is 2.15. The summed E-state index contributed by atoms with van der Waals surface area (Å²) in [6.07, 6.45) is 0. The van der Waals surface area contributed by atoms with Crippen molar-refractivity contribution in [1.82, 2.24) is 4.98 Å². The number of nitrogens with zero attached hydrogens (tertiary/aromatic N) is 1. The molecule has 20 heavy (non-hydrogen) atoms. The van der Waals surface area contributed by atoms with Gasteiger partial charge in [-0.2, -0.15) is 0 Å². The molecule has 3 aromatic rings. The van der Waals surface area contributed by atoms with Gasteiger partial charge in [0.25, 0.3) is 0 Å². The van der Waals surface area contributed by atoms with Gasteiger partial charge in [0.1, 0.15) is 16.6 Å². The van der Waals surface area contributed by atoms with Gasteiger partial charge in [0.15, 0.2) is 0 Å². The predicted octanol–water partition coefficient (Wildman–Crippen LogP) is 5.52. The van der Waals surface area contributed by atoms with Gasteiger partial charge in [0, 0.05) is 15.4 Å². The molecule has 100 valence electrons. The average Bonchev–Trinajstić information content (AvgIpc) is 2.89. The molecule has 0 atom stereocenters. The monoisotopic (exact) mass is 351 g/mol. The molecule has 0 radical (unpaired) electrons. The minimum Gasteiger partial charge on any atom is -0.236 e. The van der Waals surface area contributed by atoms with Gasteiger partial charge < -0.3 is 0 Å². The molecule has 0 N–H and O–H groups in total. The van der Waals surface area contributed by atoms with E-state index in [4.69, 9.17) is 0 Å². The lowest BCUT2D eigenvalue weighted by atomic mass is 10.2. The summed E-state index contributed by atoms with van der Waals surface area (Å²) in [4.78, 5) is 4.33. The summed E-state index contributed by atoms with van der Waals surface area (Å²) in [5, 5.41) is 2.14. The van der Waals surface area contributed by atoms with Crippen LogP contribution < -0.4 is 0 Å². The Morgan fingerprint density at radius 2 is 1.60 bits per heavy atom. The molecule has 1 heterocycles. The molecule has 1 aromatic heterocycles. The molecule has 3 rings (SSSR count). The number of hydrogen-bond acceptors (Lipinski definition) is 2. The zero-order chi connectivity index (χ0) is 14.1. The number of thiazole rings is 1. The molecule has 0 saturated carbocycles. The van der Waals surface area contributed by atoms with E-state index in [2.05, 4.69) is 20.9 Å². The van der Waals surface area contributed by atoms with Crippen molar-refractivity contribution in [2.75, 3.05) is 0 Å². The van der Waals surface area contributed by atoms with Crippen LogP contribution in [0.4, 0.5) is 8.78 Å². The molecular formula is C15H8BrF2NS. The normalized spacial score (nSPS) is 10.8. The maximum atomic E-state index is 13.7. The lowest BCUT2D eigenvalue weighted by molar-refractivity contribution is 0.589. The molecule has 0 fully saturated rings. The molecule has 2 aromatic carbocycles. The minimum atomic E-state index is -0.596. The van der Waals surface area contributed by atoms with Crippen molar-refractivity contribution >= 4 is 27.3 Å². The van der Waals surface area contributed by atoms with E-state index in [9.17, 15) is 8.78 Å². The van der Waals surface area contributed by atoms with E-state index >= 15 is 0 Å². The Bertz CT molecular complexity index is 733. The number of benzene rings is 2. The average molecular weight is 352 g/mol. The van der Waals surface area contributed by atoms with E-state index in [1.54, 1.807) is 5.38 Å². The zero-order valence-corrected chi connectivity index (χ0v) is 12.5. The summed E-state index contributed by atoms with van der Waals surface area (Å²) in [6, 6.07) is 11.4. The van der Waals surface area contributed by atoms with E-state index in [0.717, 1.165) is 10.0 Å². The van der Waals surface area contributed by atoms with Crippen molar-refractivity contribution in [2.24, 2.45) is 0 Å². The van der Waals surface area contributed by atoms with Crippen molar-refractivity contribution in [3.63, 3.8) is 0 Å². The van der Waals surface area contributed by atoms with Gasteiger partial charge in [-0.05, 0) is 24.3 Å². The Morgan fingerprint density at radius 3 is 2.25 bits per heavy atom. The largest absolute Gasteiger partial charge is 0.236 e. The maximum Gasteiger partial charge on any atom is 0.136 e. The van der Waals surface area contributed by atoms with Crippen LogP contribution in [-0.2, 0) is 0 Å². The zero-order valence-electron chi connectivity index (χ0n) is 10.1. The Morgan fingerprint density at radius 1 is 0.950 bits per heavy atom. The SMILES string of the molecule is Fc1cccc(F)c1-c1nc(-c2ccc(Br)cc2)cs1. The summed E-state index contributed by atoms with van der Waals surface area (Å²) in [6.45, 7) is 0. The van der Waals surface area contributed by atoms with Crippen molar-refractivity contribution in [3.8, 4) is 21.8 Å². The highest BCUT2D eigenvalue weighted by molar-refractivity contribution is 9.10. The van der Waals surface area contributed by atoms with Crippen LogP contribution in [0.25, 0.3) is 21.8 Å². The van der Waals surface area contributed by atoms with Crippen molar-refractivity contribution < 1.29 is 8.78 Å². The molecule has 5 heteroatoms. The van der Waals surface area contributed by atoms with Crippen LogP contribution in [0.3, 0.4) is 0 Å². The second kappa shape index (κ2) is 5.42. The predicted molar refractivity (Wildman–Crippen MR) is 80.6 cm³/mol. The summed E-state index contributed by atoms with van der Waals surface area (Å²) in [5.74, 6) is -1.19. The van der Waals surface area contributed by atoms with Gasteiger partial charge in [-0.15, -0.1) is 11.3 Å². The third-order valence-electron chi connectivity index (χ3n) is 2.82. The van der Waals surface area contributed by atoms with E-state index < -0.39 is 11.6 Å².